The first-order chi connectivity index (χ1) is 9.15. The first-order valence-electron chi connectivity index (χ1n) is 6.73. The van der Waals surface area contributed by atoms with Crippen LogP contribution in [0.3, 0.4) is 0 Å². The lowest BCUT2D eigenvalue weighted by Gasteiger charge is -2.39. The van der Waals surface area contributed by atoms with Gasteiger partial charge in [0.1, 0.15) is 4.99 Å². The zero-order valence-corrected chi connectivity index (χ0v) is 13.2. The zero-order valence-electron chi connectivity index (χ0n) is 10.8. The average Bonchev–Trinajstić information content (AvgIpc) is 2.85. The van der Waals surface area contributed by atoms with Crippen LogP contribution in [0.4, 0.5) is 5.69 Å². The molecule has 2 aliphatic rings. The Kier molecular flexibility index (Phi) is 3.78. The molecule has 1 aromatic rings. The minimum Gasteiger partial charge on any atom is -0.389 e. The van der Waals surface area contributed by atoms with Gasteiger partial charge in [-0.1, -0.05) is 12.2 Å². The lowest BCUT2D eigenvalue weighted by atomic mass is 10.1. The summed E-state index contributed by atoms with van der Waals surface area (Å²) < 4.78 is 1.09. The molecule has 0 saturated carbocycles. The predicted octanol–water partition coefficient (Wildman–Crippen LogP) is 2.37. The summed E-state index contributed by atoms with van der Waals surface area (Å²) in [5, 5.41) is 0. The van der Waals surface area contributed by atoms with Crippen LogP contribution in [0.2, 0.25) is 0 Å². The van der Waals surface area contributed by atoms with Gasteiger partial charge in [-0.15, -0.1) is 0 Å². The molecule has 2 aliphatic heterocycles. The Balaban J connectivity index is 1.80. The first-order valence-corrected chi connectivity index (χ1v) is 7.93. The summed E-state index contributed by atoms with van der Waals surface area (Å²) in [6.45, 7) is 4.68. The molecule has 0 aliphatic carbocycles. The Morgan fingerprint density at radius 1 is 1.32 bits per heavy atom. The maximum atomic E-state index is 5.67. The molecule has 102 valence electrons. The number of rotatable bonds is 2. The van der Waals surface area contributed by atoms with Crippen molar-refractivity contribution in [1.82, 2.24) is 4.90 Å². The maximum Gasteiger partial charge on any atom is 0.104 e. The second-order valence-electron chi connectivity index (χ2n) is 5.31. The summed E-state index contributed by atoms with van der Waals surface area (Å²) in [5.41, 5.74) is 7.85. The van der Waals surface area contributed by atoms with E-state index in [1.54, 1.807) is 0 Å². The molecule has 0 aromatic heterocycles. The average molecular weight is 340 g/mol. The molecule has 2 saturated heterocycles. The molecule has 2 heterocycles. The highest BCUT2D eigenvalue weighted by atomic mass is 79.9. The van der Waals surface area contributed by atoms with E-state index < -0.39 is 0 Å². The number of fused-ring (bicyclic) bond motifs is 1. The number of thiocarbonyl (C=S) groups is 1. The van der Waals surface area contributed by atoms with Gasteiger partial charge in [-0.25, -0.2) is 0 Å². The van der Waals surface area contributed by atoms with Gasteiger partial charge in [0, 0.05) is 35.7 Å². The fourth-order valence-electron chi connectivity index (χ4n) is 3.13. The second kappa shape index (κ2) is 5.38. The number of nitrogens with zero attached hydrogens (tertiary/aromatic N) is 2. The van der Waals surface area contributed by atoms with E-state index in [1.807, 2.05) is 12.1 Å². The Morgan fingerprint density at radius 3 is 2.89 bits per heavy atom. The fourth-order valence-corrected chi connectivity index (χ4v) is 3.88. The summed E-state index contributed by atoms with van der Waals surface area (Å²) in [7, 11) is 0. The molecule has 1 unspecified atom stereocenters. The van der Waals surface area contributed by atoms with Crippen LogP contribution in [-0.2, 0) is 0 Å². The molecule has 5 heteroatoms. The molecular weight excluding hydrogens is 322 g/mol. The van der Waals surface area contributed by atoms with E-state index >= 15 is 0 Å². The minimum absolute atomic E-state index is 0.452. The molecule has 2 fully saturated rings. The SMILES string of the molecule is NC(=S)c1ccc(N2CCN3CCCC3C2)c(Br)c1. The van der Waals surface area contributed by atoms with Gasteiger partial charge in [-0.05, 0) is 53.5 Å². The van der Waals surface area contributed by atoms with Crippen molar-refractivity contribution in [2.75, 3.05) is 31.1 Å². The highest BCUT2D eigenvalue weighted by Crippen LogP contribution is 2.31. The van der Waals surface area contributed by atoms with E-state index in [1.165, 1.54) is 31.6 Å². The van der Waals surface area contributed by atoms with E-state index in [4.69, 9.17) is 18.0 Å². The minimum atomic E-state index is 0.452. The van der Waals surface area contributed by atoms with Crippen molar-refractivity contribution in [3.63, 3.8) is 0 Å². The summed E-state index contributed by atoms with van der Waals surface area (Å²) in [6, 6.07) is 6.90. The molecule has 1 aromatic carbocycles. The van der Waals surface area contributed by atoms with Gasteiger partial charge >= 0.3 is 0 Å². The number of halogens is 1. The summed E-state index contributed by atoms with van der Waals surface area (Å²) in [6.07, 6.45) is 2.68. The van der Waals surface area contributed by atoms with Crippen LogP contribution < -0.4 is 10.6 Å². The van der Waals surface area contributed by atoms with Crippen LogP contribution in [0.25, 0.3) is 0 Å². The van der Waals surface area contributed by atoms with E-state index in [2.05, 4.69) is 31.8 Å². The molecule has 0 bridgehead atoms. The molecule has 3 rings (SSSR count). The van der Waals surface area contributed by atoms with Crippen LogP contribution in [0.5, 0.6) is 0 Å². The van der Waals surface area contributed by atoms with Crippen LogP contribution in [0, 0.1) is 0 Å². The quantitative estimate of drug-likeness (QED) is 0.838. The lowest BCUT2D eigenvalue weighted by molar-refractivity contribution is 0.231. The van der Waals surface area contributed by atoms with Gasteiger partial charge in [0.2, 0.25) is 0 Å². The number of benzene rings is 1. The van der Waals surface area contributed by atoms with Crippen molar-refractivity contribution in [3.05, 3.63) is 28.2 Å². The second-order valence-corrected chi connectivity index (χ2v) is 6.60. The Bertz CT molecular complexity index is 505. The van der Waals surface area contributed by atoms with Gasteiger partial charge in [0.15, 0.2) is 0 Å². The van der Waals surface area contributed by atoms with Gasteiger partial charge in [0.25, 0.3) is 0 Å². The normalized spacial score (nSPS) is 23.4. The highest BCUT2D eigenvalue weighted by molar-refractivity contribution is 9.10. The molecular formula is C14H18BrN3S. The Morgan fingerprint density at radius 2 is 2.16 bits per heavy atom. The van der Waals surface area contributed by atoms with E-state index in [-0.39, 0.29) is 0 Å². The van der Waals surface area contributed by atoms with Gasteiger partial charge in [-0.3, -0.25) is 4.90 Å². The third-order valence-corrected chi connectivity index (χ3v) is 5.03. The van der Waals surface area contributed by atoms with Gasteiger partial charge in [0.05, 0.1) is 5.69 Å². The van der Waals surface area contributed by atoms with Crippen LogP contribution in [-0.4, -0.2) is 42.1 Å². The van der Waals surface area contributed by atoms with Crippen molar-refractivity contribution in [3.8, 4) is 0 Å². The number of hydrogen-bond donors (Lipinski definition) is 1. The lowest BCUT2D eigenvalue weighted by Crippen LogP contribution is -2.50. The number of anilines is 1. The molecule has 3 nitrogen and oxygen atoms in total. The molecule has 19 heavy (non-hydrogen) atoms. The van der Waals surface area contributed by atoms with Crippen molar-refractivity contribution in [1.29, 1.82) is 0 Å². The number of piperazine rings is 1. The Hall–Kier alpha value is -0.650. The smallest absolute Gasteiger partial charge is 0.104 e. The number of hydrogen-bond acceptors (Lipinski definition) is 3. The van der Waals surface area contributed by atoms with E-state index in [0.29, 0.717) is 4.99 Å². The first kappa shape index (κ1) is 13.3. The van der Waals surface area contributed by atoms with Crippen molar-refractivity contribution < 1.29 is 0 Å². The van der Waals surface area contributed by atoms with Crippen molar-refractivity contribution in [2.24, 2.45) is 5.73 Å². The molecule has 1 atom stereocenters. The number of nitrogens with two attached hydrogens (primary N) is 1. The monoisotopic (exact) mass is 339 g/mol. The summed E-state index contributed by atoms with van der Waals surface area (Å²) >= 11 is 8.67. The highest BCUT2D eigenvalue weighted by Gasteiger charge is 2.31. The predicted molar refractivity (Wildman–Crippen MR) is 86.8 cm³/mol. The van der Waals surface area contributed by atoms with Gasteiger partial charge in [-0.2, -0.15) is 0 Å². The van der Waals surface area contributed by atoms with Crippen molar-refractivity contribution in [2.45, 2.75) is 18.9 Å². The van der Waals surface area contributed by atoms with E-state index in [0.717, 1.165) is 29.2 Å². The molecule has 0 amide bonds. The third-order valence-electron chi connectivity index (χ3n) is 4.16. The van der Waals surface area contributed by atoms with E-state index in [9.17, 15) is 0 Å². The molecule has 2 N–H and O–H groups in total. The summed E-state index contributed by atoms with van der Waals surface area (Å²) in [4.78, 5) is 5.54. The van der Waals surface area contributed by atoms with Gasteiger partial charge < -0.3 is 10.6 Å². The third kappa shape index (κ3) is 2.64. The van der Waals surface area contributed by atoms with Crippen molar-refractivity contribution >= 4 is 38.8 Å². The largest absolute Gasteiger partial charge is 0.389 e. The van der Waals surface area contributed by atoms with Crippen LogP contribution in [0.15, 0.2) is 22.7 Å². The molecule has 0 radical (unpaired) electrons. The zero-order chi connectivity index (χ0) is 13.4. The fraction of sp³-hybridized carbons (Fsp3) is 0.500. The Labute approximate surface area is 127 Å². The van der Waals surface area contributed by atoms with Crippen LogP contribution in [0.1, 0.15) is 18.4 Å². The maximum absolute atomic E-state index is 5.67. The summed E-state index contributed by atoms with van der Waals surface area (Å²) in [5.74, 6) is 0. The standard InChI is InChI=1S/C14H18BrN3S/c15-12-8-10(14(16)19)3-4-13(12)18-7-6-17-5-1-2-11(17)9-18/h3-4,8,11H,1-2,5-7,9H2,(H2,16,19). The molecule has 0 spiro atoms. The van der Waals surface area contributed by atoms with Crippen LogP contribution >= 0.6 is 28.1 Å². The topological polar surface area (TPSA) is 32.5 Å².